The molecule has 0 spiro atoms. The largest absolute Gasteiger partial charge is 0.507 e. The lowest BCUT2D eigenvalue weighted by molar-refractivity contribution is -0.0181. The minimum Gasteiger partial charge on any atom is -0.507 e. The predicted molar refractivity (Wildman–Crippen MR) is 86.3 cm³/mol. The van der Waals surface area contributed by atoms with E-state index in [4.69, 9.17) is 0 Å². The van der Waals surface area contributed by atoms with E-state index in [1.54, 1.807) is 6.07 Å². The Morgan fingerprint density at radius 2 is 2.05 bits per heavy atom. The summed E-state index contributed by atoms with van der Waals surface area (Å²) in [6, 6.07) is 3.82. The molecule has 3 rings (SSSR count). The summed E-state index contributed by atoms with van der Waals surface area (Å²) in [6.07, 6.45) is 5.00. The van der Waals surface area contributed by atoms with Gasteiger partial charge < -0.3 is 10.2 Å². The molecule has 2 N–H and O–H groups in total. The van der Waals surface area contributed by atoms with Crippen LogP contribution in [0.5, 0.6) is 5.75 Å². The molecule has 22 heavy (non-hydrogen) atoms. The zero-order chi connectivity index (χ0) is 16.1. The Hall–Kier alpha value is -1.35. The molecule has 3 nitrogen and oxygen atoms in total. The number of aromatic hydroxyl groups is 1. The van der Waals surface area contributed by atoms with Crippen LogP contribution in [0.25, 0.3) is 0 Å². The van der Waals surface area contributed by atoms with Gasteiger partial charge >= 0.3 is 0 Å². The Morgan fingerprint density at radius 1 is 1.32 bits per heavy atom. The van der Waals surface area contributed by atoms with E-state index in [1.165, 1.54) is 12.5 Å². The smallest absolute Gasteiger partial charge is 0.163 e. The van der Waals surface area contributed by atoms with Gasteiger partial charge in [-0.05, 0) is 66.5 Å². The first-order chi connectivity index (χ1) is 10.3. The van der Waals surface area contributed by atoms with Crippen molar-refractivity contribution >= 4 is 5.78 Å². The van der Waals surface area contributed by atoms with E-state index in [1.807, 2.05) is 6.07 Å². The van der Waals surface area contributed by atoms with Crippen LogP contribution in [0.1, 0.15) is 67.9 Å². The molecule has 0 heterocycles. The van der Waals surface area contributed by atoms with Crippen molar-refractivity contribution in [1.29, 1.82) is 0 Å². The van der Waals surface area contributed by atoms with Crippen LogP contribution in [0.2, 0.25) is 0 Å². The van der Waals surface area contributed by atoms with Crippen LogP contribution < -0.4 is 0 Å². The molecule has 120 valence electrons. The predicted octanol–water partition coefficient (Wildman–Crippen LogP) is 3.60. The second kappa shape index (κ2) is 5.09. The number of ketones is 1. The van der Waals surface area contributed by atoms with Gasteiger partial charge in [0.15, 0.2) is 5.78 Å². The van der Waals surface area contributed by atoms with Crippen LogP contribution in [-0.2, 0) is 11.8 Å². The molecular weight excluding hydrogens is 276 g/mol. The van der Waals surface area contributed by atoms with Crippen molar-refractivity contribution in [1.82, 2.24) is 0 Å². The van der Waals surface area contributed by atoms with Gasteiger partial charge in [-0.15, -0.1) is 0 Å². The highest BCUT2D eigenvalue weighted by Gasteiger charge is 2.51. The molecule has 0 amide bonds. The Balaban J connectivity index is 2.14. The van der Waals surface area contributed by atoms with E-state index in [0.29, 0.717) is 11.5 Å². The normalized spacial score (nSPS) is 33.9. The van der Waals surface area contributed by atoms with E-state index in [0.717, 1.165) is 37.7 Å². The van der Waals surface area contributed by atoms with Crippen LogP contribution in [0.4, 0.5) is 0 Å². The van der Waals surface area contributed by atoms with Crippen molar-refractivity contribution in [2.75, 3.05) is 6.61 Å². The number of carbonyl (C=O) groups excluding carboxylic acids is 1. The van der Waals surface area contributed by atoms with Crippen molar-refractivity contribution in [2.45, 2.75) is 58.3 Å². The summed E-state index contributed by atoms with van der Waals surface area (Å²) < 4.78 is 0. The highest BCUT2D eigenvalue weighted by molar-refractivity contribution is 5.97. The fourth-order valence-corrected chi connectivity index (χ4v) is 5.15. The van der Waals surface area contributed by atoms with Gasteiger partial charge in [0.05, 0.1) is 5.56 Å². The van der Waals surface area contributed by atoms with Crippen molar-refractivity contribution in [3.05, 3.63) is 28.8 Å². The quantitative estimate of drug-likeness (QED) is 0.821. The maximum atomic E-state index is 11.7. The van der Waals surface area contributed by atoms with Gasteiger partial charge in [-0.1, -0.05) is 26.3 Å². The number of Topliss-reactive ketones (excluding diaryl/α,β-unsaturated/α-hetero) is 1. The molecule has 1 saturated carbocycles. The van der Waals surface area contributed by atoms with Gasteiger partial charge in [-0.25, -0.2) is 0 Å². The first-order valence-electron chi connectivity index (χ1n) is 8.30. The zero-order valence-electron chi connectivity index (χ0n) is 13.8. The van der Waals surface area contributed by atoms with Crippen molar-refractivity contribution in [3.8, 4) is 5.75 Å². The minimum atomic E-state index is -0.0867. The number of carbonyl (C=O) groups is 1. The minimum absolute atomic E-state index is 0.0177. The first-order valence-corrected chi connectivity index (χ1v) is 8.30. The average Bonchev–Trinajstić information content (AvgIpc) is 2.47. The molecule has 0 radical (unpaired) electrons. The lowest BCUT2D eigenvalue weighted by Gasteiger charge is -2.55. The summed E-state index contributed by atoms with van der Waals surface area (Å²) >= 11 is 0. The van der Waals surface area contributed by atoms with Crippen molar-refractivity contribution in [3.63, 3.8) is 0 Å². The van der Waals surface area contributed by atoms with E-state index in [9.17, 15) is 15.0 Å². The maximum Gasteiger partial charge on any atom is 0.163 e. The third-order valence-corrected chi connectivity index (χ3v) is 6.38. The summed E-state index contributed by atoms with van der Waals surface area (Å²) in [5, 5.41) is 20.5. The van der Waals surface area contributed by atoms with Gasteiger partial charge in [-0.3, -0.25) is 4.79 Å². The third kappa shape index (κ3) is 2.02. The second-order valence-electron chi connectivity index (χ2n) is 7.72. The molecule has 2 aliphatic carbocycles. The van der Waals surface area contributed by atoms with E-state index < -0.39 is 0 Å². The number of hydrogen-bond acceptors (Lipinski definition) is 3. The van der Waals surface area contributed by atoms with Crippen molar-refractivity contribution < 1.29 is 15.0 Å². The molecule has 1 aromatic rings. The molecule has 0 saturated heterocycles. The number of rotatable bonds is 2. The highest BCUT2D eigenvalue weighted by atomic mass is 16.3. The topological polar surface area (TPSA) is 57.5 Å². The number of fused-ring (bicyclic) bond motifs is 3. The molecule has 1 unspecified atom stereocenters. The summed E-state index contributed by atoms with van der Waals surface area (Å²) in [4.78, 5) is 11.7. The van der Waals surface area contributed by atoms with E-state index in [-0.39, 0.29) is 29.0 Å². The van der Waals surface area contributed by atoms with Gasteiger partial charge in [-0.2, -0.15) is 0 Å². The molecular formula is C19H26O3. The molecule has 0 aromatic heterocycles. The Morgan fingerprint density at radius 3 is 2.68 bits per heavy atom. The Kier molecular flexibility index (Phi) is 3.59. The fraction of sp³-hybridized carbons (Fsp3) is 0.632. The van der Waals surface area contributed by atoms with E-state index in [2.05, 4.69) is 13.8 Å². The molecule has 0 aliphatic heterocycles. The van der Waals surface area contributed by atoms with Crippen LogP contribution in [0, 0.1) is 11.3 Å². The lowest BCUT2D eigenvalue weighted by Crippen LogP contribution is -2.50. The average molecular weight is 302 g/mol. The molecule has 3 heteroatoms. The SMILES string of the molecule is CC(=O)c1ccc2c(c1O)CC[C@H]1C(C)(CO)CCC[C@]21C. The summed E-state index contributed by atoms with van der Waals surface area (Å²) in [7, 11) is 0. The van der Waals surface area contributed by atoms with Crippen molar-refractivity contribution in [2.24, 2.45) is 11.3 Å². The first kappa shape index (κ1) is 15.5. The number of phenolic OH excluding ortho intramolecular Hbond substituents is 1. The van der Waals surface area contributed by atoms with Gasteiger partial charge in [0.25, 0.3) is 0 Å². The maximum absolute atomic E-state index is 11.7. The van der Waals surface area contributed by atoms with Gasteiger partial charge in [0.1, 0.15) is 5.75 Å². The Bertz CT molecular complexity index is 621. The molecule has 1 aromatic carbocycles. The number of aliphatic hydroxyl groups is 1. The Labute approximate surface area is 132 Å². The lowest BCUT2D eigenvalue weighted by atomic mass is 9.50. The monoisotopic (exact) mass is 302 g/mol. The van der Waals surface area contributed by atoms with Gasteiger partial charge in [0.2, 0.25) is 0 Å². The van der Waals surface area contributed by atoms with Crippen LogP contribution >= 0.6 is 0 Å². The third-order valence-electron chi connectivity index (χ3n) is 6.38. The number of benzene rings is 1. The summed E-state index contributed by atoms with van der Waals surface area (Å²) in [6.45, 7) is 6.19. The van der Waals surface area contributed by atoms with Crippen LogP contribution in [0.15, 0.2) is 12.1 Å². The zero-order valence-corrected chi connectivity index (χ0v) is 13.8. The number of hydrogen-bond donors (Lipinski definition) is 2. The highest BCUT2D eigenvalue weighted by Crippen LogP contribution is 2.58. The summed E-state index contributed by atoms with van der Waals surface area (Å²) in [5.74, 6) is 0.520. The molecule has 1 fully saturated rings. The molecule has 2 aliphatic rings. The standard InChI is InChI=1S/C19H26O3/c1-12(21)13-5-7-15-14(17(13)22)6-8-16-18(2,11-20)9-4-10-19(15,16)3/h5,7,16,20,22H,4,6,8-11H2,1-3H3/t16-,18?,19+/m0/s1. The fourth-order valence-electron chi connectivity index (χ4n) is 5.15. The van der Waals surface area contributed by atoms with Crippen LogP contribution in [-0.4, -0.2) is 22.6 Å². The second-order valence-corrected chi connectivity index (χ2v) is 7.72. The molecule has 3 atom stereocenters. The number of aliphatic hydroxyl groups excluding tert-OH is 1. The number of phenols is 1. The van der Waals surface area contributed by atoms with E-state index >= 15 is 0 Å². The van der Waals surface area contributed by atoms with Gasteiger partial charge in [0, 0.05) is 6.61 Å². The molecule has 0 bridgehead atoms. The van der Waals surface area contributed by atoms with Crippen LogP contribution in [0.3, 0.4) is 0 Å². The summed E-state index contributed by atoms with van der Waals surface area (Å²) in [5.41, 5.74) is 2.51.